The van der Waals surface area contributed by atoms with Crippen LogP contribution >= 0.6 is 0 Å². The first kappa shape index (κ1) is 88.1. The third-order valence-corrected chi connectivity index (χ3v) is 26.4. The lowest BCUT2D eigenvalue weighted by atomic mass is 9.74. The second-order valence-corrected chi connectivity index (χ2v) is 34.2. The maximum atomic E-state index is 15.9. The van der Waals surface area contributed by atoms with Crippen molar-refractivity contribution in [2.45, 2.75) is 285 Å². The molecule has 5 heterocycles. The number of carbonyl (C=O) groups is 12. The molecule has 0 aromatic heterocycles. The number of hydrogen-bond acceptors (Lipinski definition) is 14. The Morgan fingerprint density at radius 1 is 0.602 bits per heavy atom. The summed E-state index contributed by atoms with van der Waals surface area (Å²) in [5.41, 5.74) is -1.70. The van der Waals surface area contributed by atoms with Crippen molar-refractivity contribution < 1.29 is 102 Å². The highest BCUT2D eigenvalue weighted by Gasteiger charge is 2.57. The molecule has 634 valence electrons. The zero-order chi connectivity index (χ0) is 82.5. The smallest absolute Gasteiger partial charge is 0.377 e. The molecule has 5 aliphatic carbocycles. The molecule has 34 heteroatoms. The lowest BCUT2D eigenvalue weighted by Crippen LogP contribution is -2.68. The van der Waals surface area contributed by atoms with Crippen molar-refractivity contribution in [3.8, 4) is 0 Å². The van der Waals surface area contributed by atoms with Gasteiger partial charge < -0.3 is 69.5 Å². The van der Waals surface area contributed by atoms with Gasteiger partial charge in [-0.15, -0.1) is 0 Å². The van der Waals surface area contributed by atoms with E-state index in [-0.39, 0.29) is 128 Å². The molecule has 3 N–H and O–H groups in total. The Morgan fingerprint density at radius 3 is 1.79 bits per heavy atom. The minimum atomic E-state index is -5.22. The average molecular weight is 1610 g/mol. The number of rotatable bonds is 13. The second-order valence-electron chi connectivity index (χ2n) is 34.2. The van der Waals surface area contributed by atoms with Crippen LogP contribution in [0.25, 0.3) is 0 Å². The fourth-order valence-corrected chi connectivity index (χ4v) is 18.9. The molecule has 4 bridgehead atoms. The van der Waals surface area contributed by atoms with E-state index in [4.69, 9.17) is 9.47 Å². The molecule has 12 amide bonds. The van der Waals surface area contributed by atoms with Gasteiger partial charge in [-0.3, -0.25) is 57.5 Å². The van der Waals surface area contributed by atoms with E-state index in [0.717, 1.165) is 32.4 Å². The van der Waals surface area contributed by atoms with E-state index in [2.05, 4.69) is 16.0 Å². The quantitative estimate of drug-likeness (QED) is 0.133. The molecule has 9 fully saturated rings. The summed E-state index contributed by atoms with van der Waals surface area (Å²) in [4.78, 5) is 195. The number of fused-ring (bicyclic) bond motifs is 5. The number of halogens is 8. The Morgan fingerprint density at radius 2 is 1.21 bits per heavy atom. The standard InChI is InChI=1S/C79H118F8N12O14/c1-10-45(3)66-74(109)92(5)44-64(102)93(6)57-20-13-12-16-33-98(73(57)108)61(37-47-23-26-50(27-24-47)78(82,83)84)71(106)91(4)43-62(100)88-56(30-25-48-34-54(80)65(55(81)35-48)79(85,86)87)70(105)99-42-53(112-11-2)38-59(99)69(104)90-77(31-17-32-77)76(111)96(9)67(49-18-14-15-19-49)75(110)95(8)60(72(107)97-40-51-28-29-52(41-97)113-51)39-63(101)94(7)58(68(103)89-66)36-46-21-22-46/h12-13,45-61,65-67H,10-11,14-44H2,1-9H3,(H,88,100)(H,89,103)(H,90,104)/b13-12-/t45-,47?,48?,50?,51?,52?,53+,54?,55?,56-,57-,58-,59-,60-,61-,65?,66-,67-/m0/s1. The summed E-state index contributed by atoms with van der Waals surface area (Å²) in [6.07, 6.45) is -10.8. The topological polar surface area (TPSA) is 289 Å². The van der Waals surface area contributed by atoms with Crippen LogP contribution < -0.4 is 16.0 Å². The van der Waals surface area contributed by atoms with E-state index in [1.165, 1.54) is 61.9 Å². The van der Waals surface area contributed by atoms with Crippen LogP contribution in [0.2, 0.25) is 0 Å². The van der Waals surface area contributed by atoms with Crippen molar-refractivity contribution in [1.29, 1.82) is 0 Å². The van der Waals surface area contributed by atoms with Gasteiger partial charge in [0.25, 0.3) is 0 Å². The van der Waals surface area contributed by atoms with Crippen LogP contribution in [0.5, 0.6) is 0 Å². The van der Waals surface area contributed by atoms with Crippen LogP contribution in [0.1, 0.15) is 188 Å². The molecule has 0 aromatic rings. The van der Waals surface area contributed by atoms with Crippen LogP contribution in [-0.4, -0.2) is 300 Å². The predicted octanol–water partition coefficient (Wildman–Crippen LogP) is 6.41. The number of likely N-dealkylation sites (N-methyl/N-ethyl adjacent to an activating group) is 6. The lowest BCUT2D eigenvalue weighted by Gasteiger charge is -2.47. The summed E-state index contributed by atoms with van der Waals surface area (Å²) in [6, 6.07) is -11.3. The summed E-state index contributed by atoms with van der Waals surface area (Å²) in [5.74, 6) is -16.5. The molecule has 14 atom stereocenters. The van der Waals surface area contributed by atoms with Crippen molar-refractivity contribution in [3.63, 3.8) is 0 Å². The molecule has 113 heavy (non-hydrogen) atoms. The molecular weight excluding hydrogens is 1490 g/mol. The molecule has 1 spiro atoms. The Bertz CT molecular complexity index is 3460. The van der Waals surface area contributed by atoms with E-state index >= 15 is 51.9 Å². The van der Waals surface area contributed by atoms with Crippen LogP contribution in [-0.2, 0) is 67.0 Å². The van der Waals surface area contributed by atoms with Gasteiger partial charge in [-0.05, 0) is 159 Å². The molecule has 4 unspecified atom stereocenters. The third-order valence-electron chi connectivity index (χ3n) is 26.4. The fraction of sp³-hybridized carbons (Fsp3) is 0.823. The van der Waals surface area contributed by atoms with Gasteiger partial charge >= 0.3 is 12.4 Å². The van der Waals surface area contributed by atoms with Gasteiger partial charge in [-0.1, -0.05) is 58.1 Å². The van der Waals surface area contributed by atoms with Gasteiger partial charge in [0.05, 0.1) is 43.7 Å². The van der Waals surface area contributed by atoms with Gasteiger partial charge in [-0.25, -0.2) is 8.78 Å². The molecule has 0 aromatic carbocycles. The lowest BCUT2D eigenvalue weighted by molar-refractivity contribution is -0.219. The number of nitrogens with zero attached hydrogens (tertiary/aromatic N) is 9. The predicted molar refractivity (Wildman–Crippen MR) is 395 cm³/mol. The summed E-state index contributed by atoms with van der Waals surface area (Å²) in [6.45, 7) is 3.63. The Kier molecular flexibility index (Phi) is 29.1. The summed E-state index contributed by atoms with van der Waals surface area (Å²) >= 11 is 0. The SMILES string of the molecule is CCO[C@@H]1C[C@H]2C(=O)NC3(CCC3)C(=O)N(C)[C@@H](C3CCCC3)C(=O)N(C)[C@H](C(=O)N3CC4CCC(C3)O4)CC(=O)N(C)[C@@H](CC3CC3)C(=O)N[C@@H]([C@@H](C)CC)C(=O)N(C)CC(=O)N(C)[C@H]3C/C=C\CCN(C3=O)[C@@H](CC3CCC(C(F)(F)F)CC3)C(=O)N(C)CC(=O)N[C@@H](CCC3CC(F)C(C(F)(F)F)C(F)C3)C(=O)N2C1. The first-order chi connectivity index (χ1) is 53.3. The van der Waals surface area contributed by atoms with Crippen LogP contribution in [0, 0.1) is 41.4 Å². The fourth-order valence-electron chi connectivity index (χ4n) is 18.9. The van der Waals surface area contributed by atoms with E-state index in [1.807, 2.05) is 0 Å². The highest BCUT2D eigenvalue weighted by molar-refractivity contribution is 6.01. The minimum Gasteiger partial charge on any atom is -0.377 e. The maximum Gasteiger partial charge on any atom is 0.397 e. The normalized spacial score (nSPS) is 34.3. The van der Waals surface area contributed by atoms with Crippen molar-refractivity contribution in [3.05, 3.63) is 12.2 Å². The van der Waals surface area contributed by atoms with Gasteiger partial charge in [-0.2, -0.15) is 26.3 Å². The highest BCUT2D eigenvalue weighted by Crippen LogP contribution is 2.46. The van der Waals surface area contributed by atoms with Gasteiger partial charge in [0.1, 0.15) is 72.1 Å². The summed E-state index contributed by atoms with van der Waals surface area (Å²) in [5, 5.41) is 8.52. The molecule has 26 nitrogen and oxygen atoms in total. The average Bonchev–Trinajstić information content (AvgIpc) is 1.75. The third kappa shape index (κ3) is 20.8. The van der Waals surface area contributed by atoms with Crippen LogP contribution in [0.3, 0.4) is 0 Å². The van der Waals surface area contributed by atoms with Crippen LogP contribution in [0.4, 0.5) is 35.1 Å². The Hall–Kier alpha value is -7.26. The Balaban J connectivity index is 1.03. The number of ether oxygens (including phenoxy) is 2. The summed E-state index contributed by atoms with van der Waals surface area (Å²) in [7, 11) is 8.17. The van der Waals surface area contributed by atoms with E-state index < -0.39 is 230 Å². The number of morpholine rings is 1. The molecule has 0 radical (unpaired) electrons. The monoisotopic (exact) mass is 1610 g/mol. The van der Waals surface area contributed by atoms with E-state index in [9.17, 15) is 40.7 Å². The Labute approximate surface area is 656 Å². The zero-order valence-electron chi connectivity index (χ0n) is 66.8. The van der Waals surface area contributed by atoms with Crippen molar-refractivity contribution in [2.75, 3.05) is 88.2 Å². The number of amides is 12. The largest absolute Gasteiger partial charge is 0.397 e. The van der Waals surface area contributed by atoms with Crippen molar-refractivity contribution >= 4 is 70.9 Å². The molecular formula is C79H118F8N12O14. The second kappa shape index (κ2) is 37.3. The molecule has 10 rings (SSSR count). The highest BCUT2D eigenvalue weighted by atomic mass is 19.4. The molecule has 5 aliphatic heterocycles. The zero-order valence-corrected chi connectivity index (χ0v) is 66.8. The number of hydrogen-bond donors (Lipinski definition) is 3. The minimum absolute atomic E-state index is 0.00114. The maximum absolute atomic E-state index is 15.9. The van der Waals surface area contributed by atoms with Crippen molar-refractivity contribution in [2.24, 2.45) is 41.4 Å². The first-order valence-electron chi connectivity index (χ1n) is 41.0. The van der Waals surface area contributed by atoms with Crippen molar-refractivity contribution in [1.82, 2.24) is 60.0 Å². The molecule has 5 saturated carbocycles. The number of likely N-dealkylation sites (tertiary alicyclic amines) is 1. The number of nitrogens with one attached hydrogen (secondary N) is 3. The first-order valence-corrected chi connectivity index (χ1v) is 41.0. The van der Waals surface area contributed by atoms with Gasteiger partial charge in [0.2, 0.25) is 70.9 Å². The van der Waals surface area contributed by atoms with Gasteiger partial charge in [0.15, 0.2) is 0 Å². The molecule has 10 aliphatic rings. The number of alkyl halides is 8. The van der Waals surface area contributed by atoms with E-state index in [1.54, 1.807) is 37.8 Å². The van der Waals surface area contributed by atoms with Crippen LogP contribution in [0.15, 0.2) is 12.2 Å². The van der Waals surface area contributed by atoms with Gasteiger partial charge in [0, 0.05) is 81.5 Å². The number of carbonyl (C=O) groups excluding carboxylic acids is 12. The van der Waals surface area contributed by atoms with E-state index in [0.29, 0.717) is 51.4 Å². The summed E-state index contributed by atoms with van der Waals surface area (Å²) < 4.78 is 128. The molecule has 4 saturated heterocycles.